The lowest BCUT2D eigenvalue weighted by Gasteiger charge is -2.35. The standard InChI is InChI=1S/C11H20N4O/c1-8-5-3-4-6-9(8)15(2)11-14-13-10(7-12)16-11/h8-9H,3-7,12H2,1-2H3. The van der Waals surface area contributed by atoms with Crippen molar-refractivity contribution in [3.8, 4) is 0 Å². The van der Waals surface area contributed by atoms with Gasteiger partial charge in [-0.15, -0.1) is 5.10 Å². The van der Waals surface area contributed by atoms with Crippen LogP contribution in [0.1, 0.15) is 38.5 Å². The highest BCUT2D eigenvalue weighted by Gasteiger charge is 2.27. The molecule has 0 saturated heterocycles. The van der Waals surface area contributed by atoms with Crippen LogP contribution in [0.2, 0.25) is 0 Å². The Labute approximate surface area is 96.0 Å². The molecule has 0 radical (unpaired) electrons. The molecular formula is C11H20N4O. The SMILES string of the molecule is CC1CCCCC1N(C)c1nnc(CN)o1. The largest absolute Gasteiger partial charge is 0.407 e. The monoisotopic (exact) mass is 224 g/mol. The molecule has 0 aromatic carbocycles. The second-order valence-electron chi connectivity index (χ2n) is 4.62. The molecule has 1 aromatic rings. The number of aromatic nitrogens is 2. The maximum atomic E-state index is 5.47. The van der Waals surface area contributed by atoms with Crippen molar-refractivity contribution in [2.45, 2.75) is 45.2 Å². The summed E-state index contributed by atoms with van der Waals surface area (Å²) >= 11 is 0. The molecule has 0 spiro atoms. The first-order chi connectivity index (χ1) is 7.72. The molecule has 5 nitrogen and oxygen atoms in total. The lowest BCUT2D eigenvalue weighted by Crippen LogP contribution is -2.39. The molecule has 1 fully saturated rings. The Bertz CT molecular complexity index is 338. The number of nitrogens with zero attached hydrogens (tertiary/aromatic N) is 3. The Morgan fingerprint density at radius 1 is 1.38 bits per heavy atom. The van der Waals surface area contributed by atoms with Crippen molar-refractivity contribution < 1.29 is 4.42 Å². The minimum Gasteiger partial charge on any atom is -0.407 e. The van der Waals surface area contributed by atoms with Gasteiger partial charge in [-0.25, -0.2) is 0 Å². The van der Waals surface area contributed by atoms with Gasteiger partial charge in [0.15, 0.2) is 0 Å². The van der Waals surface area contributed by atoms with Crippen LogP contribution >= 0.6 is 0 Å². The molecule has 1 aromatic heterocycles. The zero-order valence-corrected chi connectivity index (χ0v) is 10.0. The Balaban J connectivity index is 2.07. The third-order valence-corrected chi connectivity index (χ3v) is 3.50. The molecule has 1 saturated carbocycles. The van der Waals surface area contributed by atoms with Gasteiger partial charge in [0.2, 0.25) is 5.89 Å². The number of anilines is 1. The van der Waals surface area contributed by atoms with Gasteiger partial charge in [-0.05, 0) is 18.8 Å². The smallest absolute Gasteiger partial charge is 0.318 e. The number of hydrogen-bond donors (Lipinski definition) is 1. The van der Waals surface area contributed by atoms with E-state index in [1.54, 1.807) is 0 Å². The zero-order chi connectivity index (χ0) is 11.5. The van der Waals surface area contributed by atoms with E-state index in [0.29, 0.717) is 30.4 Å². The normalized spacial score (nSPS) is 25.7. The molecule has 2 rings (SSSR count). The highest BCUT2D eigenvalue weighted by molar-refractivity contribution is 5.25. The van der Waals surface area contributed by atoms with Gasteiger partial charge in [0.1, 0.15) is 0 Å². The van der Waals surface area contributed by atoms with E-state index >= 15 is 0 Å². The highest BCUT2D eigenvalue weighted by atomic mass is 16.4. The van der Waals surface area contributed by atoms with Crippen molar-refractivity contribution in [3.05, 3.63) is 5.89 Å². The Morgan fingerprint density at radius 2 is 2.12 bits per heavy atom. The molecule has 2 unspecified atom stereocenters. The Hall–Kier alpha value is -1.10. The lowest BCUT2D eigenvalue weighted by atomic mass is 9.85. The molecule has 1 heterocycles. The average Bonchev–Trinajstić information content (AvgIpc) is 2.77. The third kappa shape index (κ3) is 2.19. The first kappa shape index (κ1) is 11.4. The van der Waals surface area contributed by atoms with E-state index in [1.165, 1.54) is 25.7 Å². The van der Waals surface area contributed by atoms with Crippen molar-refractivity contribution in [3.63, 3.8) is 0 Å². The third-order valence-electron chi connectivity index (χ3n) is 3.50. The van der Waals surface area contributed by atoms with Crippen molar-refractivity contribution >= 4 is 6.01 Å². The number of nitrogens with two attached hydrogens (primary N) is 1. The van der Waals surface area contributed by atoms with E-state index < -0.39 is 0 Å². The quantitative estimate of drug-likeness (QED) is 0.843. The molecular weight excluding hydrogens is 204 g/mol. The fraction of sp³-hybridized carbons (Fsp3) is 0.818. The van der Waals surface area contributed by atoms with Crippen molar-refractivity contribution in [1.29, 1.82) is 0 Å². The summed E-state index contributed by atoms with van der Waals surface area (Å²) < 4.78 is 5.47. The Kier molecular flexibility index (Phi) is 3.43. The Morgan fingerprint density at radius 3 is 2.75 bits per heavy atom. The van der Waals surface area contributed by atoms with E-state index in [4.69, 9.17) is 10.2 Å². The highest BCUT2D eigenvalue weighted by Crippen LogP contribution is 2.29. The number of rotatable bonds is 3. The molecule has 0 amide bonds. The summed E-state index contributed by atoms with van der Waals surface area (Å²) in [5.74, 6) is 1.19. The first-order valence-corrected chi connectivity index (χ1v) is 5.97. The molecule has 2 atom stereocenters. The van der Waals surface area contributed by atoms with Gasteiger partial charge >= 0.3 is 6.01 Å². The maximum Gasteiger partial charge on any atom is 0.318 e. The topological polar surface area (TPSA) is 68.2 Å². The molecule has 90 valence electrons. The summed E-state index contributed by atoms with van der Waals surface area (Å²) in [4.78, 5) is 2.11. The average molecular weight is 224 g/mol. The van der Waals surface area contributed by atoms with Gasteiger partial charge in [-0.3, -0.25) is 0 Å². The van der Waals surface area contributed by atoms with Gasteiger partial charge in [-0.1, -0.05) is 24.9 Å². The fourth-order valence-electron chi connectivity index (χ4n) is 2.48. The number of hydrogen-bond acceptors (Lipinski definition) is 5. The molecule has 0 aliphatic heterocycles. The molecule has 2 N–H and O–H groups in total. The van der Waals surface area contributed by atoms with Crippen LogP contribution in [0.15, 0.2) is 4.42 Å². The summed E-state index contributed by atoms with van der Waals surface area (Å²) in [5, 5.41) is 7.92. The minimum atomic E-state index is 0.307. The van der Waals surface area contributed by atoms with E-state index in [-0.39, 0.29) is 0 Å². The van der Waals surface area contributed by atoms with Gasteiger partial charge in [0.05, 0.1) is 6.54 Å². The molecule has 5 heteroatoms. The summed E-state index contributed by atoms with van der Waals surface area (Å²) in [6, 6.07) is 1.11. The second-order valence-corrected chi connectivity index (χ2v) is 4.62. The molecule has 16 heavy (non-hydrogen) atoms. The van der Waals surface area contributed by atoms with Crippen LogP contribution < -0.4 is 10.6 Å². The van der Waals surface area contributed by atoms with Crippen LogP contribution in [0.3, 0.4) is 0 Å². The first-order valence-electron chi connectivity index (χ1n) is 5.97. The molecule has 1 aliphatic rings. The van der Waals surface area contributed by atoms with Gasteiger partial charge in [0.25, 0.3) is 0 Å². The predicted molar refractivity (Wildman–Crippen MR) is 62.0 cm³/mol. The zero-order valence-electron chi connectivity index (χ0n) is 10.0. The van der Waals surface area contributed by atoms with Crippen LogP contribution in [0.5, 0.6) is 0 Å². The minimum absolute atomic E-state index is 0.307. The van der Waals surface area contributed by atoms with E-state index in [1.807, 2.05) is 7.05 Å². The summed E-state index contributed by atoms with van der Waals surface area (Å²) in [5.41, 5.74) is 5.45. The van der Waals surface area contributed by atoms with Crippen molar-refractivity contribution in [2.75, 3.05) is 11.9 Å². The molecule has 0 bridgehead atoms. The summed E-state index contributed by atoms with van der Waals surface area (Å²) in [6.45, 7) is 2.60. The predicted octanol–water partition coefficient (Wildman–Crippen LogP) is 1.54. The lowest BCUT2D eigenvalue weighted by molar-refractivity contribution is 0.310. The second kappa shape index (κ2) is 4.82. The van der Waals surface area contributed by atoms with Crippen molar-refractivity contribution in [1.82, 2.24) is 10.2 Å². The van der Waals surface area contributed by atoms with Crippen molar-refractivity contribution in [2.24, 2.45) is 11.7 Å². The summed E-state index contributed by atoms with van der Waals surface area (Å²) in [7, 11) is 2.03. The molecule has 1 aliphatic carbocycles. The van der Waals surface area contributed by atoms with Gasteiger partial charge in [0, 0.05) is 13.1 Å². The van der Waals surface area contributed by atoms with Crippen LogP contribution in [0.25, 0.3) is 0 Å². The maximum absolute atomic E-state index is 5.47. The fourth-order valence-corrected chi connectivity index (χ4v) is 2.48. The van der Waals surface area contributed by atoms with E-state index in [2.05, 4.69) is 22.0 Å². The van der Waals surface area contributed by atoms with Crippen LogP contribution in [0, 0.1) is 5.92 Å². The van der Waals surface area contributed by atoms with Gasteiger partial charge < -0.3 is 15.1 Å². The van der Waals surface area contributed by atoms with E-state index in [0.717, 1.165) is 0 Å². The van der Waals surface area contributed by atoms with Crippen LogP contribution in [-0.4, -0.2) is 23.3 Å². The van der Waals surface area contributed by atoms with Crippen LogP contribution in [0.4, 0.5) is 6.01 Å². The summed E-state index contributed by atoms with van der Waals surface area (Å²) in [6.07, 6.45) is 5.12. The van der Waals surface area contributed by atoms with E-state index in [9.17, 15) is 0 Å². The van der Waals surface area contributed by atoms with Gasteiger partial charge in [-0.2, -0.15) is 0 Å². The van der Waals surface area contributed by atoms with Crippen LogP contribution in [-0.2, 0) is 6.54 Å².